The minimum Gasteiger partial charge on any atom is -0.878 e. The van der Waals surface area contributed by atoms with Gasteiger partial charge in [0.05, 0.1) is 0 Å². The first-order chi connectivity index (χ1) is 5.25. The molecule has 0 atom stereocenters. The van der Waals surface area contributed by atoms with E-state index in [4.69, 9.17) is 0 Å². The van der Waals surface area contributed by atoms with Crippen molar-refractivity contribution in [3.05, 3.63) is 30.3 Å². The molecule has 0 spiro atoms. The molecule has 0 aromatic carbocycles. The molecule has 5 heteroatoms. The zero-order valence-corrected chi connectivity index (χ0v) is 9.02. The van der Waals surface area contributed by atoms with E-state index in [1.165, 1.54) is 10.9 Å². The zero-order chi connectivity index (χ0) is 8.27. The second kappa shape index (κ2) is 5.13. The SMILES string of the molecule is Cn1nccc1C(=O)/C=C/[O-].[Na+]. The van der Waals surface area contributed by atoms with Crippen LogP contribution in [0.1, 0.15) is 10.5 Å². The van der Waals surface area contributed by atoms with Gasteiger partial charge in [-0.1, -0.05) is 0 Å². The van der Waals surface area contributed by atoms with Gasteiger partial charge in [-0.15, -0.1) is 6.26 Å². The maximum Gasteiger partial charge on any atom is 1.00 e. The van der Waals surface area contributed by atoms with Crippen LogP contribution < -0.4 is 34.7 Å². The summed E-state index contributed by atoms with van der Waals surface area (Å²) in [5.41, 5.74) is 0.414. The van der Waals surface area contributed by atoms with Crippen molar-refractivity contribution >= 4 is 5.78 Å². The molecule has 0 aliphatic heterocycles. The molecular weight excluding hydrogens is 167 g/mol. The van der Waals surface area contributed by atoms with E-state index in [9.17, 15) is 9.90 Å². The fourth-order valence-electron chi connectivity index (χ4n) is 0.763. The molecule has 0 fully saturated rings. The van der Waals surface area contributed by atoms with Gasteiger partial charge in [0.1, 0.15) is 5.69 Å². The topological polar surface area (TPSA) is 58.0 Å². The van der Waals surface area contributed by atoms with Gasteiger partial charge in [-0.3, -0.25) is 9.48 Å². The third-order valence-electron chi connectivity index (χ3n) is 1.29. The van der Waals surface area contributed by atoms with Crippen molar-refractivity contribution in [2.24, 2.45) is 7.05 Å². The van der Waals surface area contributed by atoms with E-state index < -0.39 is 0 Å². The first-order valence-corrected chi connectivity index (χ1v) is 3.06. The third-order valence-corrected chi connectivity index (χ3v) is 1.29. The van der Waals surface area contributed by atoms with E-state index in [1.54, 1.807) is 13.1 Å². The van der Waals surface area contributed by atoms with Crippen LogP contribution >= 0.6 is 0 Å². The molecule has 0 amide bonds. The predicted molar refractivity (Wildman–Crippen MR) is 36.7 cm³/mol. The Balaban J connectivity index is 0.00000121. The molecule has 0 unspecified atom stereocenters. The summed E-state index contributed by atoms with van der Waals surface area (Å²) in [6.07, 6.45) is 2.94. The molecule has 0 saturated heterocycles. The molecule has 0 aliphatic carbocycles. The predicted octanol–water partition coefficient (Wildman–Crippen LogP) is -3.52. The van der Waals surface area contributed by atoms with Crippen molar-refractivity contribution in [3.63, 3.8) is 0 Å². The van der Waals surface area contributed by atoms with Crippen LogP contribution in [-0.2, 0) is 7.05 Å². The van der Waals surface area contributed by atoms with Crippen molar-refractivity contribution in [1.82, 2.24) is 9.78 Å². The fraction of sp³-hybridized carbons (Fsp3) is 0.143. The Bertz CT molecular complexity index is 293. The molecule has 0 aliphatic rings. The standard InChI is InChI=1S/C7H8N2O2.Na/c1-9-6(2-4-8-9)7(11)3-5-10;/h2-5,10H,1H3;/q;+1/p-1/b5-3+;. The van der Waals surface area contributed by atoms with Crippen LogP contribution in [0.25, 0.3) is 0 Å². The van der Waals surface area contributed by atoms with Crippen LogP contribution in [0.5, 0.6) is 0 Å². The van der Waals surface area contributed by atoms with Gasteiger partial charge in [0.25, 0.3) is 0 Å². The zero-order valence-electron chi connectivity index (χ0n) is 7.02. The van der Waals surface area contributed by atoms with Crippen molar-refractivity contribution in [1.29, 1.82) is 0 Å². The maximum atomic E-state index is 11.0. The molecular formula is C7H7N2NaO2. The number of aryl methyl sites for hydroxylation is 1. The minimum atomic E-state index is -0.319. The molecule has 0 radical (unpaired) electrons. The first kappa shape index (κ1) is 11.4. The number of hydrogen-bond donors (Lipinski definition) is 0. The molecule has 12 heavy (non-hydrogen) atoms. The van der Waals surface area contributed by atoms with E-state index >= 15 is 0 Å². The second-order valence-electron chi connectivity index (χ2n) is 2.01. The van der Waals surface area contributed by atoms with Gasteiger partial charge in [-0.05, 0) is 12.1 Å². The van der Waals surface area contributed by atoms with Crippen LogP contribution in [0.4, 0.5) is 0 Å². The van der Waals surface area contributed by atoms with E-state index in [1.807, 2.05) is 0 Å². The molecule has 1 rings (SSSR count). The number of nitrogens with zero attached hydrogens (tertiary/aromatic N) is 2. The van der Waals surface area contributed by atoms with Crippen molar-refractivity contribution in [2.75, 3.05) is 0 Å². The van der Waals surface area contributed by atoms with Gasteiger partial charge in [0.2, 0.25) is 5.78 Å². The number of allylic oxidation sites excluding steroid dienone is 1. The van der Waals surface area contributed by atoms with Gasteiger partial charge in [0, 0.05) is 13.2 Å². The van der Waals surface area contributed by atoms with Gasteiger partial charge in [0.15, 0.2) is 0 Å². The van der Waals surface area contributed by atoms with Crippen LogP contribution in [-0.4, -0.2) is 15.6 Å². The van der Waals surface area contributed by atoms with Crippen molar-refractivity contribution in [2.45, 2.75) is 0 Å². The van der Waals surface area contributed by atoms with Gasteiger partial charge < -0.3 is 5.11 Å². The summed E-state index contributed by atoms with van der Waals surface area (Å²) in [6.45, 7) is 0. The summed E-state index contributed by atoms with van der Waals surface area (Å²) in [5.74, 6) is -0.319. The smallest absolute Gasteiger partial charge is 0.878 e. The number of rotatable bonds is 2. The van der Waals surface area contributed by atoms with Gasteiger partial charge in [-0.2, -0.15) is 5.10 Å². The third kappa shape index (κ3) is 2.48. The first-order valence-electron chi connectivity index (χ1n) is 3.06. The molecule has 1 aromatic heterocycles. The van der Waals surface area contributed by atoms with Crippen molar-refractivity contribution in [3.8, 4) is 0 Å². The summed E-state index contributed by atoms with van der Waals surface area (Å²) < 4.78 is 1.42. The quantitative estimate of drug-likeness (QED) is 0.202. The summed E-state index contributed by atoms with van der Waals surface area (Å²) in [5, 5.41) is 13.7. The molecule has 0 bridgehead atoms. The molecule has 0 N–H and O–H groups in total. The number of carbonyl (C=O) groups excluding carboxylic acids is 1. The molecule has 4 nitrogen and oxygen atoms in total. The van der Waals surface area contributed by atoms with Crippen LogP contribution in [0, 0.1) is 0 Å². The molecule has 58 valence electrons. The Labute approximate surface area is 92.2 Å². The average molecular weight is 174 g/mol. The number of ketones is 1. The van der Waals surface area contributed by atoms with E-state index in [0.29, 0.717) is 12.0 Å². The van der Waals surface area contributed by atoms with E-state index in [2.05, 4.69) is 5.10 Å². The molecule has 0 saturated carbocycles. The monoisotopic (exact) mass is 174 g/mol. The summed E-state index contributed by atoms with van der Waals surface area (Å²) in [6, 6.07) is 1.56. The number of hydrogen-bond acceptors (Lipinski definition) is 3. The Morgan fingerprint density at radius 1 is 1.75 bits per heavy atom. The summed E-state index contributed by atoms with van der Waals surface area (Å²) in [7, 11) is 1.64. The molecule has 1 aromatic rings. The van der Waals surface area contributed by atoms with Crippen LogP contribution in [0.15, 0.2) is 24.6 Å². The fourth-order valence-corrected chi connectivity index (χ4v) is 0.763. The van der Waals surface area contributed by atoms with E-state index in [-0.39, 0.29) is 35.3 Å². The average Bonchev–Trinajstić information content (AvgIpc) is 2.36. The van der Waals surface area contributed by atoms with Crippen molar-refractivity contribution < 1.29 is 39.5 Å². The van der Waals surface area contributed by atoms with Gasteiger partial charge >= 0.3 is 29.6 Å². The molecule has 1 heterocycles. The Morgan fingerprint density at radius 2 is 2.42 bits per heavy atom. The minimum absolute atomic E-state index is 0. The summed E-state index contributed by atoms with van der Waals surface area (Å²) >= 11 is 0. The Kier molecular flexibility index (Phi) is 4.89. The normalized spacial score (nSPS) is 9.75. The van der Waals surface area contributed by atoms with E-state index in [0.717, 1.165) is 6.08 Å². The Hall–Kier alpha value is -0.580. The Morgan fingerprint density at radius 3 is 2.83 bits per heavy atom. The summed E-state index contributed by atoms with van der Waals surface area (Å²) in [4.78, 5) is 11.0. The van der Waals surface area contributed by atoms with Gasteiger partial charge in [-0.25, -0.2) is 0 Å². The number of carbonyl (C=O) groups is 1. The second-order valence-corrected chi connectivity index (χ2v) is 2.01. The maximum absolute atomic E-state index is 11.0. The van der Waals surface area contributed by atoms with Crippen LogP contribution in [0.3, 0.4) is 0 Å². The van der Waals surface area contributed by atoms with Crippen LogP contribution in [0.2, 0.25) is 0 Å². The largest absolute Gasteiger partial charge is 1.00 e. The number of aromatic nitrogens is 2.